The van der Waals surface area contributed by atoms with Crippen molar-refractivity contribution in [2.75, 3.05) is 6.54 Å². The molecule has 21 heavy (non-hydrogen) atoms. The van der Waals surface area contributed by atoms with Crippen LogP contribution in [-0.4, -0.2) is 29.2 Å². The number of hydrogen-bond acceptors (Lipinski definition) is 4. The van der Waals surface area contributed by atoms with Gasteiger partial charge in [0.05, 0.1) is 12.8 Å². The van der Waals surface area contributed by atoms with Crippen LogP contribution in [0, 0.1) is 0 Å². The summed E-state index contributed by atoms with van der Waals surface area (Å²) in [7, 11) is 0. The molecule has 1 saturated heterocycles. The third kappa shape index (κ3) is 4.73. The summed E-state index contributed by atoms with van der Waals surface area (Å²) in [5.41, 5.74) is 0. The van der Waals surface area contributed by atoms with Gasteiger partial charge in [0.25, 0.3) is 0 Å². The van der Waals surface area contributed by atoms with Gasteiger partial charge in [-0.2, -0.15) is 0 Å². The number of unbranched alkanes of at least 4 members (excludes halogenated alkanes) is 2. The molecule has 0 saturated carbocycles. The maximum Gasteiger partial charge on any atom is 0.229 e. The Labute approximate surface area is 123 Å². The van der Waals surface area contributed by atoms with Gasteiger partial charge < -0.3 is 9.73 Å². The summed E-state index contributed by atoms with van der Waals surface area (Å²) >= 11 is 0. The summed E-state index contributed by atoms with van der Waals surface area (Å²) in [5.74, 6) is 0.571. The van der Waals surface area contributed by atoms with Gasteiger partial charge in [-0.15, -0.1) is 0 Å². The molecule has 0 spiro atoms. The number of carbonyl (C=O) groups is 3. The number of imide groups is 1. The van der Waals surface area contributed by atoms with Gasteiger partial charge in [-0.1, -0.05) is 6.42 Å². The van der Waals surface area contributed by atoms with Gasteiger partial charge in [0.2, 0.25) is 17.7 Å². The van der Waals surface area contributed by atoms with Crippen LogP contribution >= 0.6 is 0 Å². The number of nitrogens with one attached hydrogen (secondary N) is 1. The van der Waals surface area contributed by atoms with Crippen molar-refractivity contribution in [2.24, 2.45) is 0 Å². The van der Waals surface area contributed by atoms with Crippen molar-refractivity contribution in [1.29, 1.82) is 0 Å². The fourth-order valence-corrected chi connectivity index (χ4v) is 2.29. The predicted octanol–water partition coefficient (Wildman–Crippen LogP) is 1.61. The van der Waals surface area contributed by atoms with Crippen LogP contribution in [0.4, 0.5) is 0 Å². The van der Waals surface area contributed by atoms with E-state index in [0.717, 1.165) is 25.0 Å². The molecule has 1 aromatic rings. The number of likely N-dealkylation sites (tertiary alicyclic amines) is 1. The highest BCUT2D eigenvalue weighted by Crippen LogP contribution is 2.13. The van der Waals surface area contributed by atoms with Gasteiger partial charge in [-0.3, -0.25) is 19.3 Å². The molecule has 0 radical (unpaired) electrons. The molecular weight excluding hydrogens is 272 g/mol. The molecule has 1 N–H and O–H groups in total. The lowest BCUT2D eigenvalue weighted by atomic mass is 10.2. The number of nitrogens with zero attached hydrogens (tertiary/aromatic N) is 1. The minimum absolute atomic E-state index is 0.0141. The lowest BCUT2D eigenvalue weighted by Crippen LogP contribution is -2.30. The molecule has 0 atom stereocenters. The number of furan rings is 1. The highest BCUT2D eigenvalue weighted by Gasteiger charge is 2.27. The van der Waals surface area contributed by atoms with Gasteiger partial charge in [-0.25, -0.2) is 0 Å². The highest BCUT2D eigenvalue weighted by molar-refractivity contribution is 6.01. The standard InChI is InChI=1S/C15H20N2O4/c18-13(16-11-12-5-4-10-21-12)6-2-1-3-9-17-14(19)7-8-15(17)20/h4-5,10H,1-3,6-9,11H2,(H,16,18). The van der Waals surface area contributed by atoms with Gasteiger partial charge in [0.1, 0.15) is 5.76 Å². The Morgan fingerprint density at radius 2 is 1.95 bits per heavy atom. The average Bonchev–Trinajstić information content (AvgIpc) is 3.09. The normalized spacial score (nSPS) is 14.8. The Morgan fingerprint density at radius 1 is 1.19 bits per heavy atom. The van der Waals surface area contributed by atoms with E-state index in [0.29, 0.717) is 32.4 Å². The summed E-state index contributed by atoms with van der Waals surface area (Å²) in [6, 6.07) is 3.59. The molecule has 1 aromatic heterocycles. The van der Waals surface area contributed by atoms with Crippen LogP contribution in [0.1, 0.15) is 44.3 Å². The first-order valence-electron chi connectivity index (χ1n) is 7.29. The van der Waals surface area contributed by atoms with E-state index in [1.54, 1.807) is 12.3 Å². The van der Waals surface area contributed by atoms with Crippen molar-refractivity contribution < 1.29 is 18.8 Å². The fourth-order valence-electron chi connectivity index (χ4n) is 2.29. The zero-order chi connectivity index (χ0) is 15.1. The Kier molecular flexibility index (Phi) is 5.54. The van der Waals surface area contributed by atoms with E-state index in [-0.39, 0.29) is 17.7 Å². The molecule has 3 amide bonds. The maximum atomic E-state index is 11.6. The number of amides is 3. The molecule has 2 heterocycles. The van der Waals surface area contributed by atoms with E-state index in [4.69, 9.17) is 4.42 Å². The second-order valence-electron chi connectivity index (χ2n) is 5.11. The van der Waals surface area contributed by atoms with Crippen molar-refractivity contribution in [3.63, 3.8) is 0 Å². The fraction of sp³-hybridized carbons (Fsp3) is 0.533. The lowest BCUT2D eigenvalue weighted by molar-refractivity contribution is -0.138. The monoisotopic (exact) mass is 292 g/mol. The first kappa shape index (κ1) is 15.3. The summed E-state index contributed by atoms with van der Waals surface area (Å²) in [5, 5.41) is 2.78. The molecule has 0 unspecified atom stereocenters. The second kappa shape index (κ2) is 7.61. The molecule has 0 aliphatic carbocycles. The zero-order valence-electron chi connectivity index (χ0n) is 12.0. The van der Waals surface area contributed by atoms with Gasteiger partial charge >= 0.3 is 0 Å². The van der Waals surface area contributed by atoms with Gasteiger partial charge in [0.15, 0.2) is 0 Å². The third-order valence-corrected chi connectivity index (χ3v) is 3.48. The maximum absolute atomic E-state index is 11.6. The van der Waals surface area contributed by atoms with Crippen molar-refractivity contribution in [1.82, 2.24) is 10.2 Å². The number of hydrogen-bond donors (Lipinski definition) is 1. The van der Waals surface area contributed by atoms with Crippen LogP contribution in [-0.2, 0) is 20.9 Å². The SMILES string of the molecule is O=C(CCCCCN1C(=O)CCC1=O)NCc1ccco1. The van der Waals surface area contributed by atoms with E-state index < -0.39 is 0 Å². The van der Waals surface area contributed by atoms with E-state index in [9.17, 15) is 14.4 Å². The van der Waals surface area contributed by atoms with Crippen LogP contribution in [0.3, 0.4) is 0 Å². The number of carbonyl (C=O) groups excluding carboxylic acids is 3. The van der Waals surface area contributed by atoms with Crippen molar-refractivity contribution in [3.8, 4) is 0 Å². The zero-order valence-corrected chi connectivity index (χ0v) is 12.0. The summed E-state index contributed by atoms with van der Waals surface area (Å²) in [4.78, 5) is 35.7. The molecule has 1 aliphatic rings. The van der Waals surface area contributed by atoms with E-state index in [2.05, 4.69) is 5.32 Å². The molecule has 114 valence electrons. The third-order valence-electron chi connectivity index (χ3n) is 3.48. The van der Waals surface area contributed by atoms with E-state index in [1.807, 2.05) is 6.07 Å². The predicted molar refractivity (Wildman–Crippen MR) is 75.0 cm³/mol. The second-order valence-corrected chi connectivity index (χ2v) is 5.11. The minimum atomic E-state index is -0.0730. The molecule has 6 nitrogen and oxygen atoms in total. The molecule has 2 rings (SSSR count). The summed E-state index contributed by atoms with van der Waals surface area (Å²) in [6.45, 7) is 0.883. The Hall–Kier alpha value is -2.11. The summed E-state index contributed by atoms with van der Waals surface area (Å²) < 4.78 is 5.12. The van der Waals surface area contributed by atoms with E-state index in [1.165, 1.54) is 4.90 Å². The molecule has 6 heteroatoms. The van der Waals surface area contributed by atoms with Crippen LogP contribution in [0.15, 0.2) is 22.8 Å². The van der Waals surface area contributed by atoms with Gasteiger partial charge in [-0.05, 0) is 25.0 Å². The Bertz CT molecular complexity index is 480. The van der Waals surface area contributed by atoms with Crippen LogP contribution in [0.2, 0.25) is 0 Å². The van der Waals surface area contributed by atoms with Crippen LogP contribution in [0.5, 0.6) is 0 Å². The molecule has 1 fully saturated rings. The topological polar surface area (TPSA) is 79.6 Å². The quantitative estimate of drug-likeness (QED) is 0.583. The lowest BCUT2D eigenvalue weighted by Gasteiger charge is -2.12. The summed E-state index contributed by atoms with van der Waals surface area (Å²) in [6.07, 6.45) is 5.03. The molecule has 0 bridgehead atoms. The van der Waals surface area contributed by atoms with Crippen molar-refractivity contribution in [2.45, 2.75) is 45.1 Å². The first-order chi connectivity index (χ1) is 10.2. The highest BCUT2D eigenvalue weighted by atomic mass is 16.3. The molecule has 1 aliphatic heterocycles. The minimum Gasteiger partial charge on any atom is -0.467 e. The Balaban J connectivity index is 1.52. The smallest absolute Gasteiger partial charge is 0.229 e. The van der Waals surface area contributed by atoms with Crippen molar-refractivity contribution >= 4 is 17.7 Å². The largest absolute Gasteiger partial charge is 0.467 e. The average molecular weight is 292 g/mol. The van der Waals surface area contributed by atoms with Crippen LogP contribution in [0.25, 0.3) is 0 Å². The molecule has 0 aromatic carbocycles. The van der Waals surface area contributed by atoms with Gasteiger partial charge in [0, 0.05) is 25.8 Å². The van der Waals surface area contributed by atoms with Crippen LogP contribution < -0.4 is 5.32 Å². The molecular formula is C15H20N2O4. The van der Waals surface area contributed by atoms with E-state index >= 15 is 0 Å². The van der Waals surface area contributed by atoms with Crippen molar-refractivity contribution in [3.05, 3.63) is 24.2 Å². The number of rotatable bonds is 8. The Morgan fingerprint density at radius 3 is 2.62 bits per heavy atom. The first-order valence-corrected chi connectivity index (χ1v) is 7.29.